The van der Waals surface area contributed by atoms with Crippen LogP contribution in [0.15, 0.2) is 82.5 Å². The van der Waals surface area contributed by atoms with Gasteiger partial charge in [0.1, 0.15) is 17.3 Å². The number of fused-ring (bicyclic) bond motifs is 1. The highest BCUT2D eigenvalue weighted by Gasteiger charge is 2.32. The molecular weight excluding hydrogens is 502 g/mol. The fourth-order valence-corrected chi connectivity index (χ4v) is 6.02. The Kier molecular flexibility index (Phi) is 8.48. The first-order valence-corrected chi connectivity index (χ1v) is 14.2. The first kappa shape index (κ1) is 27.3. The molecule has 9 heteroatoms. The summed E-state index contributed by atoms with van der Waals surface area (Å²) in [4.78, 5) is 18.8. The molecule has 0 radical (unpaired) electrons. The van der Waals surface area contributed by atoms with Crippen LogP contribution in [0.4, 0.5) is 0 Å². The van der Waals surface area contributed by atoms with Gasteiger partial charge in [-0.05, 0) is 80.9 Å². The number of hydrogen-bond donors (Lipinski definition) is 0. The van der Waals surface area contributed by atoms with Gasteiger partial charge in [-0.15, -0.1) is 0 Å². The van der Waals surface area contributed by atoms with Crippen LogP contribution < -0.4 is 15.0 Å². The van der Waals surface area contributed by atoms with Gasteiger partial charge in [-0.1, -0.05) is 25.5 Å². The molecule has 0 saturated carbocycles. The molecule has 4 aromatic rings. The minimum Gasteiger partial charge on any atom is -0.497 e. The third kappa shape index (κ3) is 5.44. The lowest BCUT2D eigenvalue weighted by Gasteiger charge is -2.30. The fourth-order valence-electron chi connectivity index (χ4n) is 4.39. The smallest absolute Gasteiger partial charge is 0.266 e. The molecule has 0 spiro atoms. The molecule has 0 aliphatic rings. The first-order valence-electron chi connectivity index (χ1n) is 12.7. The zero-order valence-corrected chi connectivity index (χ0v) is 22.9. The van der Waals surface area contributed by atoms with Crippen molar-refractivity contribution < 1.29 is 17.9 Å². The SMILES string of the molecule is CCCCN(C(C)c1nc2ccccc2c(=O)n1-c1ccc(OCC)cc1)S(=O)(=O)c1ccc(OC)cc1. The average Bonchev–Trinajstić information content (AvgIpc) is 2.94. The molecule has 3 aromatic carbocycles. The Morgan fingerprint density at radius 3 is 2.24 bits per heavy atom. The molecule has 0 fully saturated rings. The van der Waals surface area contributed by atoms with E-state index in [-0.39, 0.29) is 17.0 Å². The van der Waals surface area contributed by atoms with Crippen molar-refractivity contribution >= 4 is 20.9 Å². The van der Waals surface area contributed by atoms with E-state index >= 15 is 0 Å². The summed E-state index contributed by atoms with van der Waals surface area (Å²) in [6.45, 7) is 6.48. The Balaban J connectivity index is 1.90. The molecule has 0 N–H and O–H groups in total. The van der Waals surface area contributed by atoms with Gasteiger partial charge >= 0.3 is 0 Å². The number of hydrogen-bond acceptors (Lipinski definition) is 6. The lowest BCUT2D eigenvalue weighted by molar-refractivity contribution is 0.322. The molecule has 1 atom stereocenters. The topological polar surface area (TPSA) is 90.7 Å². The quantitative estimate of drug-likeness (QED) is 0.257. The minimum atomic E-state index is -3.92. The predicted octanol–water partition coefficient (Wildman–Crippen LogP) is 5.35. The molecule has 0 saturated heterocycles. The summed E-state index contributed by atoms with van der Waals surface area (Å²) in [6, 6.07) is 19.8. The van der Waals surface area contributed by atoms with Crippen LogP contribution in [0, 0.1) is 0 Å². The number of unbranched alkanes of at least 4 members (excludes halogenated alkanes) is 1. The van der Waals surface area contributed by atoms with E-state index in [1.54, 1.807) is 61.5 Å². The van der Waals surface area contributed by atoms with Crippen LogP contribution in [0.2, 0.25) is 0 Å². The fraction of sp³-hybridized carbons (Fsp3) is 0.310. The Morgan fingerprint density at radius 1 is 0.947 bits per heavy atom. The van der Waals surface area contributed by atoms with Crippen LogP contribution in [0.1, 0.15) is 45.5 Å². The van der Waals surface area contributed by atoms with Crippen molar-refractivity contribution in [1.29, 1.82) is 0 Å². The normalized spacial score (nSPS) is 12.6. The number of para-hydroxylation sites is 1. The van der Waals surface area contributed by atoms with Crippen molar-refractivity contribution in [2.24, 2.45) is 0 Å². The summed E-state index contributed by atoms with van der Waals surface area (Å²) in [5.74, 6) is 1.59. The van der Waals surface area contributed by atoms with Crippen molar-refractivity contribution in [3.63, 3.8) is 0 Å². The third-order valence-electron chi connectivity index (χ3n) is 6.41. The molecule has 0 aliphatic carbocycles. The average molecular weight is 536 g/mol. The first-order chi connectivity index (χ1) is 18.3. The molecule has 200 valence electrons. The van der Waals surface area contributed by atoms with E-state index in [0.717, 1.165) is 6.42 Å². The number of aromatic nitrogens is 2. The van der Waals surface area contributed by atoms with E-state index in [2.05, 4.69) is 0 Å². The molecular formula is C29H33N3O5S. The minimum absolute atomic E-state index is 0.150. The van der Waals surface area contributed by atoms with Gasteiger partial charge in [0.15, 0.2) is 0 Å². The Hall–Kier alpha value is -3.69. The number of rotatable bonds is 11. The highest BCUT2D eigenvalue weighted by molar-refractivity contribution is 7.89. The van der Waals surface area contributed by atoms with Crippen molar-refractivity contribution in [1.82, 2.24) is 13.9 Å². The Labute approximate surface area is 223 Å². The second-order valence-electron chi connectivity index (χ2n) is 8.88. The zero-order chi connectivity index (χ0) is 27.3. The van der Waals surface area contributed by atoms with Gasteiger partial charge in [-0.2, -0.15) is 4.31 Å². The van der Waals surface area contributed by atoms with Gasteiger partial charge in [0, 0.05) is 6.54 Å². The monoisotopic (exact) mass is 535 g/mol. The van der Waals surface area contributed by atoms with E-state index in [1.807, 2.05) is 19.9 Å². The van der Waals surface area contributed by atoms with Crippen molar-refractivity contribution in [2.45, 2.75) is 44.6 Å². The standard InChI is InChI=1S/C29H33N3O5S/c1-5-7-20-31(38(34,35)25-18-16-23(36-4)17-19-25)21(3)28-30-27-11-9-8-10-26(27)29(33)32(28)22-12-14-24(15-13-22)37-6-2/h8-19,21H,5-7,20H2,1-4H3. The molecule has 0 amide bonds. The summed E-state index contributed by atoms with van der Waals surface area (Å²) in [7, 11) is -2.39. The van der Waals surface area contributed by atoms with Crippen molar-refractivity contribution in [3.05, 3.63) is 89.0 Å². The number of benzene rings is 3. The van der Waals surface area contributed by atoms with Crippen LogP contribution in [0.3, 0.4) is 0 Å². The number of methoxy groups -OCH3 is 1. The molecule has 38 heavy (non-hydrogen) atoms. The molecule has 0 aliphatic heterocycles. The van der Waals surface area contributed by atoms with Gasteiger partial charge in [0.05, 0.1) is 41.2 Å². The summed E-state index contributed by atoms with van der Waals surface area (Å²) >= 11 is 0. The molecule has 1 aromatic heterocycles. The predicted molar refractivity (Wildman–Crippen MR) is 149 cm³/mol. The highest BCUT2D eigenvalue weighted by Crippen LogP contribution is 2.30. The van der Waals surface area contributed by atoms with Crippen LogP contribution in [0.5, 0.6) is 11.5 Å². The summed E-state index contributed by atoms with van der Waals surface area (Å²) in [5.41, 5.74) is 0.827. The Bertz CT molecular complexity index is 1550. The van der Waals surface area contributed by atoms with Crippen molar-refractivity contribution in [2.75, 3.05) is 20.3 Å². The van der Waals surface area contributed by atoms with Crippen LogP contribution in [-0.4, -0.2) is 42.5 Å². The molecule has 1 unspecified atom stereocenters. The zero-order valence-electron chi connectivity index (χ0n) is 22.1. The Morgan fingerprint density at radius 2 is 1.61 bits per heavy atom. The summed E-state index contributed by atoms with van der Waals surface area (Å²) < 4.78 is 41.5. The lowest BCUT2D eigenvalue weighted by atomic mass is 10.2. The van der Waals surface area contributed by atoms with Gasteiger partial charge in [-0.25, -0.2) is 13.4 Å². The third-order valence-corrected chi connectivity index (χ3v) is 8.40. The highest BCUT2D eigenvalue weighted by atomic mass is 32.2. The van der Waals surface area contributed by atoms with Crippen LogP contribution in [-0.2, 0) is 10.0 Å². The van der Waals surface area contributed by atoms with E-state index in [0.29, 0.717) is 46.9 Å². The van der Waals surface area contributed by atoms with E-state index < -0.39 is 16.1 Å². The van der Waals surface area contributed by atoms with E-state index in [1.165, 1.54) is 28.1 Å². The second-order valence-corrected chi connectivity index (χ2v) is 10.8. The van der Waals surface area contributed by atoms with E-state index in [4.69, 9.17) is 14.5 Å². The van der Waals surface area contributed by atoms with Crippen molar-refractivity contribution in [3.8, 4) is 17.2 Å². The van der Waals surface area contributed by atoms with Gasteiger partial charge < -0.3 is 9.47 Å². The largest absolute Gasteiger partial charge is 0.497 e. The summed E-state index contributed by atoms with van der Waals surface area (Å²) in [5, 5.41) is 0.454. The van der Waals surface area contributed by atoms with Crippen LogP contribution in [0.25, 0.3) is 16.6 Å². The maximum atomic E-state index is 13.9. The lowest BCUT2D eigenvalue weighted by Crippen LogP contribution is -2.38. The summed E-state index contributed by atoms with van der Waals surface area (Å²) in [6.07, 6.45) is 1.46. The van der Waals surface area contributed by atoms with Gasteiger partial charge in [-0.3, -0.25) is 9.36 Å². The second kappa shape index (κ2) is 11.8. The van der Waals surface area contributed by atoms with Gasteiger partial charge in [0.2, 0.25) is 10.0 Å². The van der Waals surface area contributed by atoms with Crippen LogP contribution >= 0.6 is 0 Å². The maximum absolute atomic E-state index is 13.9. The number of ether oxygens (including phenoxy) is 2. The molecule has 8 nitrogen and oxygen atoms in total. The van der Waals surface area contributed by atoms with E-state index in [9.17, 15) is 13.2 Å². The number of sulfonamides is 1. The molecule has 4 rings (SSSR count). The number of nitrogens with zero attached hydrogens (tertiary/aromatic N) is 3. The molecule has 1 heterocycles. The van der Waals surface area contributed by atoms with Gasteiger partial charge in [0.25, 0.3) is 5.56 Å². The molecule has 0 bridgehead atoms. The maximum Gasteiger partial charge on any atom is 0.266 e.